The molecule has 2 N–H and O–H groups in total. The summed E-state index contributed by atoms with van der Waals surface area (Å²) in [7, 11) is 0. The van der Waals surface area contributed by atoms with Crippen LogP contribution in [0.15, 0.2) is 24.3 Å². The van der Waals surface area contributed by atoms with E-state index in [1.807, 2.05) is 31.2 Å². The minimum atomic E-state index is -0.266. The number of nitrogens with one attached hydrogen (secondary N) is 1. The number of halogens is 1. The highest BCUT2D eigenvalue weighted by Crippen LogP contribution is 2.14. The Hall–Kier alpha value is -0.570. The molecule has 2 nitrogen and oxygen atoms in total. The molecule has 0 saturated carbocycles. The van der Waals surface area contributed by atoms with Crippen LogP contribution in [0.25, 0.3) is 0 Å². The smallest absolute Gasteiger partial charge is 0.0662 e. The Kier molecular flexibility index (Phi) is 4.94. The maximum atomic E-state index is 9.31. The lowest BCUT2D eigenvalue weighted by atomic mass is 10.2. The summed E-state index contributed by atoms with van der Waals surface area (Å²) >= 11 is 5.97. The molecule has 0 aliphatic carbocycles. The summed E-state index contributed by atoms with van der Waals surface area (Å²) in [4.78, 5) is 0. The van der Waals surface area contributed by atoms with Gasteiger partial charge in [-0.05, 0) is 18.1 Å². The maximum Gasteiger partial charge on any atom is 0.0662 e. The van der Waals surface area contributed by atoms with Crippen LogP contribution in [0.2, 0.25) is 5.02 Å². The monoisotopic (exact) mass is 213 g/mol. The summed E-state index contributed by atoms with van der Waals surface area (Å²) in [6, 6.07) is 7.72. The first kappa shape index (κ1) is 11.5. The van der Waals surface area contributed by atoms with Crippen molar-refractivity contribution in [3.05, 3.63) is 34.9 Å². The van der Waals surface area contributed by atoms with Gasteiger partial charge in [-0.15, -0.1) is 0 Å². The third-order valence-corrected chi connectivity index (χ3v) is 2.49. The second-order valence-corrected chi connectivity index (χ2v) is 3.69. The van der Waals surface area contributed by atoms with Gasteiger partial charge in [0.15, 0.2) is 0 Å². The van der Waals surface area contributed by atoms with E-state index in [1.165, 1.54) is 0 Å². The third kappa shape index (κ3) is 3.66. The predicted octanol–water partition coefficient (Wildman–Crippen LogP) is 2.20. The first-order valence-electron chi connectivity index (χ1n) is 4.86. The highest BCUT2D eigenvalue weighted by molar-refractivity contribution is 6.31. The van der Waals surface area contributed by atoms with E-state index in [2.05, 4.69) is 5.32 Å². The van der Waals surface area contributed by atoms with Crippen molar-refractivity contribution in [3.8, 4) is 0 Å². The Morgan fingerprint density at radius 3 is 2.79 bits per heavy atom. The van der Waals surface area contributed by atoms with Crippen LogP contribution in [0.1, 0.15) is 18.9 Å². The van der Waals surface area contributed by atoms with Gasteiger partial charge in [0, 0.05) is 18.1 Å². The van der Waals surface area contributed by atoms with Crippen LogP contribution in [0.4, 0.5) is 0 Å². The zero-order chi connectivity index (χ0) is 10.4. The van der Waals surface area contributed by atoms with E-state index >= 15 is 0 Å². The molecule has 0 bridgehead atoms. The highest BCUT2D eigenvalue weighted by atomic mass is 35.5. The van der Waals surface area contributed by atoms with E-state index in [0.29, 0.717) is 13.1 Å². The molecular formula is C11H16ClNO. The molecule has 3 heteroatoms. The summed E-state index contributed by atoms with van der Waals surface area (Å²) in [6.07, 6.45) is 0.507. The Balaban J connectivity index is 2.35. The quantitative estimate of drug-likeness (QED) is 0.786. The lowest BCUT2D eigenvalue weighted by molar-refractivity contribution is 0.167. The highest BCUT2D eigenvalue weighted by Gasteiger charge is 2.01. The number of rotatable bonds is 5. The molecule has 0 spiro atoms. The van der Waals surface area contributed by atoms with Crippen LogP contribution >= 0.6 is 11.6 Å². The molecule has 0 aliphatic rings. The Morgan fingerprint density at radius 2 is 2.14 bits per heavy atom. The average molecular weight is 214 g/mol. The summed E-state index contributed by atoms with van der Waals surface area (Å²) in [6.45, 7) is 3.28. The number of hydrogen-bond donors (Lipinski definition) is 2. The van der Waals surface area contributed by atoms with Crippen LogP contribution in [0, 0.1) is 0 Å². The first-order chi connectivity index (χ1) is 6.74. The fourth-order valence-electron chi connectivity index (χ4n) is 1.16. The summed E-state index contributed by atoms with van der Waals surface area (Å²) in [5.74, 6) is 0. The topological polar surface area (TPSA) is 32.3 Å². The van der Waals surface area contributed by atoms with Gasteiger partial charge in [-0.1, -0.05) is 36.7 Å². The molecule has 0 unspecified atom stereocenters. The predicted molar refractivity (Wildman–Crippen MR) is 59.5 cm³/mol. The number of hydrogen-bond acceptors (Lipinski definition) is 2. The third-order valence-electron chi connectivity index (χ3n) is 2.12. The zero-order valence-electron chi connectivity index (χ0n) is 8.33. The van der Waals surface area contributed by atoms with Crippen molar-refractivity contribution in [1.82, 2.24) is 5.32 Å². The normalized spacial score (nSPS) is 12.8. The standard InChI is InChI=1S/C11H16ClNO/c1-2-10(14)8-13-7-9-5-3-4-6-11(9)12/h3-6,10,13-14H,2,7-8H2,1H3/t10-/m0/s1. The van der Waals surface area contributed by atoms with Crippen LogP contribution in [0.5, 0.6) is 0 Å². The lowest BCUT2D eigenvalue weighted by Crippen LogP contribution is -2.25. The van der Waals surface area contributed by atoms with E-state index in [9.17, 15) is 5.11 Å². The fraction of sp³-hybridized carbons (Fsp3) is 0.455. The molecule has 1 aromatic carbocycles. The molecule has 0 radical (unpaired) electrons. The van der Waals surface area contributed by atoms with Crippen molar-refractivity contribution in [2.45, 2.75) is 26.0 Å². The molecule has 14 heavy (non-hydrogen) atoms. The van der Waals surface area contributed by atoms with Gasteiger partial charge in [-0.25, -0.2) is 0 Å². The number of aliphatic hydroxyl groups excluding tert-OH is 1. The second-order valence-electron chi connectivity index (χ2n) is 3.28. The molecule has 78 valence electrons. The van der Waals surface area contributed by atoms with Crippen molar-refractivity contribution in [2.24, 2.45) is 0 Å². The van der Waals surface area contributed by atoms with Crippen molar-refractivity contribution in [3.63, 3.8) is 0 Å². The van der Waals surface area contributed by atoms with E-state index in [4.69, 9.17) is 11.6 Å². The molecule has 0 saturated heterocycles. The van der Waals surface area contributed by atoms with Crippen LogP contribution in [-0.2, 0) is 6.54 Å². The van der Waals surface area contributed by atoms with E-state index < -0.39 is 0 Å². The van der Waals surface area contributed by atoms with Crippen molar-refractivity contribution >= 4 is 11.6 Å². The molecule has 0 aliphatic heterocycles. The second kappa shape index (κ2) is 6.02. The van der Waals surface area contributed by atoms with Crippen molar-refractivity contribution < 1.29 is 5.11 Å². The largest absolute Gasteiger partial charge is 0.392 e. The van der Waals surface area contributed by atoms with Crippen LogP contribution in [0.3, 0.4) is 0 Å². The summed E-state index contributed by atoms with van der Waals surface area (Å²) < 4.78 is 0. The molecular weight excluding hydrogens is 198 g/mol. The molecule has 1 rings (SSSR count). The van der Waals surface area contributed by atoms with Gasteiger partial charge in [-0.2, -0.15) is 0 Å². The Labute approximate surface area is 89.9 Å². The van der Waals surface area contributed by atoms with Gasteiger partial charge in [0.05, 0.1) is 6.10 Å². The average Bonchev–Trinajstić information content (AvgIpc) is 2.20. The van der Waals surface area contributed by atoms with Crippen LogP contribution < -0.4 is 5.32 Å². The van der Waals surface area contributed by atoms with Gasteiger partial charge in [0.25, 0.3) is 0 Å². The Bertz CT molecular complexity index is 278. The minimum Gasteiger partial charge on any atom is -0.392 e. The van der Waals surface area contributed by atoms with Gasteiger partial charge in [-0.3, -0.25) is 0 Å². The van der Waals surface area contributed by atoms with Gasteiger partial charge >= 0.3 is 0 Å². The van der Waals surface area contributed by atoms with Crippen LogP contribution in [-0.4, -0.2) is 17.8 Å². The summed E-state index contributed by atoms with van der Waals surface area (Å²) in [5, 5.41) is 13.2. The van der Waals surface area contributed by atoms with E-state index in [0.717, 1.165) is 17.0 Å². The molecule has 0 heterocycles. The SMILES string of the molecule is CC[C@H](O)CNCc1ccccc1Cl. The van der Waals surface area contributed by atoms with E-state index in [-0.39, 0.29) is 6.10 Å². The first-order valence-corrected chi connectivity index (χ1v) is 5.24. The maximum absolute atomic E-state index is 9.31. The molecule has 0 aromatic heterocycles. The van der Waals surface area contributed by atoms with Gasteiger partial charge < -0.3 is 10.4 Å². The minimum absolute atomic E-state index is 0.266. The fourth-order valence-corrected chi connectivity index (χ4v) is 1.36. The number of benzene rings is 1. The molecule has 0 amide bonds. The zero-order valence-corrected chi connectivity index (χ0v) is 9.09. The van der Waals surface area contributed by atoms with Gasteiger partial charge in [0.1, 0.15) is 0 Å². The van der Waals surface area contributed by atoms with E-state index in [1.54, 1.807) is 0 Å². The van der Waals surface area contributed by atoms with Gasteiger partial charge in [0.2, 0.25) is 0 Å². The lowest BCUT2D eigenvalue weighted by Gasteiger charge is -2.09. The summed E-state index contributed by atoms with van der Waals surface area (Å²) in [5.41, 5.74) is 1.07. The molecule has 1 atom stereocenters. The number of aliphatic hydroxyl groups is 1. The molecule has 0 fully saturated rings. The Morgan fingerprint density at radius 1 is 1.43 bits per heavy atom. The van der Waals surface area contributed by atoms with Crippen molar-refractivity contribution in [1.29, 1.82) is 0 Å². The molecule has 1 aromatic rings. The van der Waals surface area contributed by atoms with Crippen molar-refractivity contribution in [2.75, 3.05) is 6.54 Å².